The van der Waals surface area contributed by atoms with Gasteiger partial charge in [0.1, 0.15) is 11.4 Å². The van der Waals surface area contributed by atoms with Crippen LogP contribution in [0.3, 0.4) is 0 Å². The van der Waals surface area contributed by atoms with E-state index in [0.29, 0.717) is 6.04 Å². The topological polar surface area (TPSA) is 24.5 Å². The van der Waals surface area contributed by atoms with Gasteiger partial charge < -0.3 is 15.0 Å². The highest BCUT2D eigenvalue weighted by Gasteiger charge is 2.28. The number of fused-ring (bicyclic) bond motifs is 3. The summed E-state index contributed by atoms with van der Waals surface area (Å²) in [6.07, 6.45) is 2.27. The smallest absolute Gasteiger partial charge is 0.144 e. The minimum atomic E-state index is 0.675. The van der Waals surface area contributed by atoms with E-state index in [9.17, 15) is 0 Å². The maximum Gasteiger partial charge on any atom is 0.144 e. The normalized spacial score (nSPS) is 21.9. The number of nitrogens with zero attached hydrogens (tertiary/aromatic N) is 1. The van der Waals surface area contributed by atoms with Gasteiger partial charge in [-0.3, -0.25) is 0 Å². The number of hydrogen-bond donors (Lipinski definition) is 1. The van der Waals surface area contributed by atoms with Crippen molar-refractivity contribution < 1.29 is 4.74 Å². The molecule has 1 saturated heterocycles. The molecule has 19 heavy (non-hydrogen) atoms. The fourth-order valence-corrected chi connectivity index (χ4v) is 3.95. The highest BCUT2D eigenvalue weighted by Crippen LogP contribution is 2.40. The summed E-state index contributed by atoms with van der Waals surface area (Å²) in [6.45, 7) is 5.13. The van der Waals surface area contributed by atoms with Crippen LogP contribution < -0.4 is 15.0 Å². The van der Waals surface area contributed by atoms with Crippen molar-refractivity contribution in [1.82, 2.24) is 0 Å². The Morgan fingerprint density at radius 3 is 3.32 bits per heavy atom. The summed E-state index contributed by atoms with van der Waals surface area (Å²) >= 11 is 2.08. The summed E-state index contributed by atoms with van der Waals surface area (Å²) in [6, 6.07) is 7.11. The van der Waals surface area contributed by atoms with Crippen molar-refractivity contribution in [1.29, 1.82) is 0 Å². The molecule has 1 aromatic rings. The molecule has 1 aromatic carbocycles. The molecule has 3 rings (SSSR count). The van der Waals surface area contributed by atoms with Gasteiger partial charge in [0.25, 0.3) is 0 Å². The molecule has 2 aliphatic rings. The van der Waals surface area contributed by atoms with Gasteiger partial charge in [0.15, 0.2) is 0 Å². The largest absolute Gasteiger partial charge is 0.491 e. The number of ether oxygens (including phenoxy) is 1. The fraction of sp³-hybridized carbons (Fsp3) is 0.600. The van der Waals surface area contributed by atoms with Crippen LogP contribution in [0.25, 0.3) is 0 Å². The van der Waals surface area contributed by atoms with Gasteiger partial charge in [0, 0.05) is 30.6 Å². The molecule has 0 aliphatic carbocycles. The van der Waals surface area contributed by atoms with E-state index in [1.165, 1.54) is 29.3 Å². The number of nitrogens with one attached hydrogen (secondary N) is 1. The average molecular weight is 278 g/mol. The molecule has 104 valence electrons. The first-order chi connectivity index (χ1) is 9.40. The second-order valence-electron chi connectivity index (χ2n) is 5.14. The number of hydrogen-bond acceptors (Lipinski definition) is 4. The highest BCUT2D eigenvalue weighted by atomic mass is 32.2. The van der Waals surface area contributed by atoms with Gasteiger partial charge >= 0.3 is 0 Å². The van der Waals surface area contributed by atoms with E-state index in [-0.39, 0.29) is 0 Å². The van der Waals surface area contributed by atoms with E-state index in [4.69, 9.17) is 4.74 Å². The summed E-state index contributed by atoms with van der Waals surface area (Å²) in [5.74, 6) is 3.50. The van der Waals surface area contributed by atoms with E-state index in [0.717, 1.165) is 31.9 Å². The second kappa shape index (κ2) is 5.95. The molecule has 0 aromatic heterocycles. The fourth-order valence-electron chi connectivity index (χ4n) is 2.84. The van der Waals surface area contributed by atoms with Crippen molar-refractivity contribution >= 4 is 23.1 Å². The Labute approximate surface area is 119 Å². The van der Waals surface area contributed by atoms with E-state index >= 15 is 0 Å². The minimum Gasteiger partial charge on any atom is -0.491 e. The number of para-hydroxylation sites is 1. The zero-order valence-corrected chi connectivity index (χ0v) is 12.3. The number of rotatable bonds is 3. The van der Waals surface area contributed by atoms with Crippen LogP contribution in [0.5, 0.6) is 5.75 Å². The van der Waals surface area contributed by atoms with Crippen molar-refractivity contribution in [3.63, 3.8) is 0 Å². The second-order valence-corrected chi connectivity index (χ2v) is 6.29. The summed E-state index contributed by atoms with van der Waals surface area (Å²) < 4.78 is 5.89. The predicted molar refractivity (Wildman–Crippen MR) is 83.8 cm³/mol. The molecule has 4 heteroatoms. The molecule has 2 aliphatic heterocycles. The first kappa shape index (κ1) is 13.0. The van der Waals surface area contributed by atoms with Crippen LogP contribution in [0.4, 0.5) is 11.4 Å². The zero-order chi connectivity index (χ0) is 13.1. The summed E-state index contributed by atoms with van der Waals surface area (Å²) in [5, 5.41) is 3.58. The molecule has 0 amide bonds. The molecule has 3 nitrogen and oxygen atoms in total. The maximum absolute atomic E-state index is 5.89. The lowest BCUT2D eigenvalue weighted by Gasteiger charge is -2.36. The van der Waals surface area contributed by atoms with E-state index in [2.05, 4.69) is 47.1 Å². The summed E-state index contributed by atoms with van der Waals surface area (Å²) in [4.78, 5) is 2.57. The first-order valence-corrected chi connectivity index (χ1v) is 8.39. The molecule has 1 fully saturated rings. The zero-order valence-electron chi connectivity index (χ0n) is 11.5. The number of thioether (sulfide) groups is 1. The number of anilines is 2. The van der Waals surface area contributed by atoms with Gasteiger partial charge in [-0.2, -0.15) is 11.8 Å². The SMILES string of the molecule is CCCOc1cccc2c1NCCC1CSCCN21. The van der Waals surface area contributed by atoms with Gasteiger partial charge in [-0.05, 0) is 25.0 Å². The first-order valence-electron chi connectivity index (χ1n) is 7.24. The Balaban J connectivity index is 1.93. The Bertz CT molecular complexity index is 438. The Kier molecular flexibility index (Phi) is 4.06. The van der Waals surface area contributed by atoms with Crippen LogP contribution in [-0.2, 0) is 0 Å². The van der Waals surface area contributed by atoms with Crippen molar-refractivity contribution in [2.75, 3.05) is 41.4 Å². The minimum absolute atomic E-state index is 0.675. The van der Waals surface area contributed by atoms with E-state index in [1.807, 2.05) is 0 Å². The Morgan fingerprint density at radius 2 is 2.42 bits per heavy atom. The van der Waals surface area contributed by atoms with Crippen molar-refractivity contribution in [2.24, 2.45) is 0 Å². The van der Waals surface area contributed by atoms with Crippen molar-refractivity contribution in [3.05, 3.63) is 18.2 Å². The monoisotopic (exact) mass is 278 g/mol. The molecule has 1 unspecified atom stereocenters. The highest BCUT2D eigenvalue weighted by molar-refractivity contribution is 7.99. The van der Waals surface area contributed by atoms with Crippen LogP contribution >= 0.6 is 11.8 Å². The maximum atomic E-state index is 5.89. The lowest BCUT2D eigenvalue weighted by molar-refractivity contribution is 0.319. The van der Waals surface area contributed by atoms with Crippen LogP contribution in [0.2, 0.25) is 0 Å². The van der Waals surface area contributed by atoms with Crippen molar-refractivity contribution in [2.45, 2.75) is 25.8 Å². The lowest BCUT2D eigenvalue weighted by Crippen LogP contribution is -2.42. The van der Waals surface area contributed by atoms with E-state index < -0.39 is 0 Å². The molecule has 0 spiro atoms. The third-order valence-corrected chi connectivity index (χ3v) is 4.87. The van der Waals surface area contributed by atoms with Crippen molar-refractivity contribution in [3.8, 4) is 5.75 Å². The molecular formula is C15H22N2OS. The summed E-state index contributed by atoms with van der Waals surface area (Å²) in [5.41, 5.74) is 2.53. The van der Waals surface area contributed by atoms with Crippen LogP contribution in [-0.4, -0.2) is 37.2 Å². The molecule has 0 radical (unpaired) electrons. The van der Waals surface area contributed by atoms with Gasteiger partial charge in [-0.15, -0.1) is 0 Å². The standard InChI is InChI=1S/C15H22N2OS/c1-2-9-18-14-5-3-4-13-15(14)16-7-6-12-11-19-10-8-17(12)13/h3-5,12,16H,2,6-11H2,1H3. The molecule has 1 atom stereocenters. The van der Waals surface area contributed by atoms with Crippen LogP contribution in [0, 0.1) is 0 Å². The third kappa shape index (κ3) is 2.64. The molecule has 0 bridgehead atoms. The molecule has 2 heterocycles. The van der Waals surface area contributed by atoms with Crippen LogP contribution in [0.15, 0.2) is 18.2 Å². The molecule has 1 N–H and O–H groups in total. The Hall–Kier alpha value is -1.03. The molecule has 0 saturated carbocycles. The van der Waals surface area contributed by atoms with E-state index in [1.54, 1.807) is 0 Å². The average Bonchev–Trinajstić information content (AvgIpc) is 2.65. The van der Waals surface area contributed by atoms with Crippen LogP contribution in [0.1, 0.15) is 19.8 Å². The Morgan fingerprint density at radius 1 is 1.47 bits per heavy atom. The summed E-state index contributed by atoms with van der Waals surface area (Å²) in [7, 11) is 0. The van der Waals surface area contributed by atoms with Gasteiger partial charge in [0.05, 0.1) is 12.3 Å². The number of benzene rings is 1. The van der Waals surface area contributed by atoms with Gasteiger partial charge in [0.2, 0.25) is 0 Å². The third-order valence-electron chi connectivity index (χ3n) is 3.78. The predicted octanol–water partition coefficient (Wildman–Crippen LogP) is 3.21. The van der Waals surface area contributed by atoms with Gasteiger partial charge in [-0.1, -0.05) is 13.0 Å². The quantitative estimate of drug-likeness (QED) is 0.917. The van der Waals surface area contributed by atoms with Gasteiger partial charge in [-0.25, -0.2) is 0 Å². The molecular weight excluding hydrogens is 256 g/mol. The lowest BCUT2D eigenvalue weighted by atomic mass is 10.1.